The number of fused-ring (bicyclic) bond motifs is 1. The lowest BCUT2D eigenvalue weighted by atomic mass is 9.78. The van der Waals surface area contributed by atoms with E-state index in [1.807, 2.05) is 18.2 Å². The Morgan fingerprint density at radius 1 is 1.00 bits per heavy atom. The Morgan fingerprint density at radius 2 is 1.74 bits per heavy atom. The zero-order valence-corrected chi connectivity index (χ0v) is 17.6. The van der Waals surface area contributed by atoms with Gasteiger partial charge in [0, 0.05) is 24.5 Å². The molecule has 0 fully saturated rings. The van der Waals surface area contributed by atoms with Crippen molar-refractivity contribution in [2.45, 2.75) is 32.2 Å². The van der Waals surface area contributed by atoms with Gasteiger partial charge < -0.3 is 16.0 Å². The molecule has 3 N–H and O–H groups in total. The minimum Gasteiger partial charge on any atom is -0.385 e. The molecule has 0 saturated carbocycles. The fourth-order valence-electron chi connectivity index (χ4n) is 3.86. The summed E-state index contributed by atoms with van der Waals surface area (Å²) in [5, 5.41) is 9.38. The monoisotopic (exact) mass is 421 g/mol. The topological polar surface area (TPSA) is 53.2 Å². The minimum absolute atomic E-state index is 0.0809. The number of anilines is 3. The van der Waals surface area contributed by atoms with Crippen LogP contribution in [0.4, 0.5) is 25.8 Å². The average molecular weight is 421 g/mol. The van der Waals surface area contributed by atoms with Crippen LogP contribution < -0.4 is 16.0 Å². The maximum Gasteiger partial charge on any atom is 0.257 e. The summed E-state index contributed by atoms with van der Waals surface area (Å²) in [5.74, 6) is -1.10. The maximum absolute atomic E-state index is 13.8. The first-order chi connectivity index (χ1) is 14.8. The van der Waals surface area contributed by atoms with Gasteiger partial charge in [-0.3, -0.25) is 4.79 Å². The fourth-order valence-corrected chi connectivity index (χ4v) is 3.86. The van der Waals surface area contributed by atoms with Crippen LogP contribution in [0.2, 0.25) is 0 Å². The lowest BCUT2D eigenvalue weighted by molar-refractivity contribution is 0.102. The summed E-state index contributed by atoms with van der Waals surface area (Å²) in [6, 6.07) is 15.9. The van der Waals surface area contributed by atoms with E-state index in [0.29, 0.717) is 23.5 Å². The second-order valence-corrected chi connectivity index (χ2v) is 8.45. The van der Waals surface area contributed by atoms with Crippen molar-refractivity contribution in [1.82, 2.24) is 0 Å². The molecular formula is C25H25F2N3O. The van der Waals surface area contributed by atoms with Crippen molar-refractivity contribution >= 4 is 23.0 Å². The predicted octanol–water partition coefficient (Wildman–Crippen LogP) is 5.92. The van der Waals surface area contributed by atoms with Crippen molar-refractivity contribution in [3.8, 4) is 0 Å². The molecule has 3 aromatic rings. The SMILES string of the molecule is CC1(C)CCNc2cc(NC(=O)c3ccc(F)cc3NCc3ccc(F)cc3)ccc21. The second kappa shape index (κ2) is 8.38. The molecule has 0 radical (unpaired) electrons. The van der Waals surface area contributed by atoms with Gasteiger partial charge in [0.15, 0.2) is 0 Å². The molecule has 1 amide bonds. The number of carbonyl (C=O) groups excluding carboxylic acids is 1. The van der Waals surface area contributed by atoms with Gasteiger partial charge in [0.2, 0.25) is 0 Å². The molecule has 1 heterocycles. The van der Waals surface area contributed by atoms with Crippen molar-refractivity contribution in [3.05, 3.63) is 89.0 Å². The van der Waals surface area contributed by atoms with Crippen molar-refractivity contribution in [3.63, 3.8) is 0 Å². The van der Waals surface area contributed by atoms with Crippen LogP contribution in [0.1, 0.15) is 41.8 Å². The molecular weight excluding hydrogens is 396 g/mol. The molecule has 0 spiro atoms. The number of halogens is 2. The maximum atomic E-state index is 13.8. The van der Waals surface area contributed by atoms with Gasteiger partial charge in [-0.15, -0.1) is 0 Å². The van der Waals surface area contributed by atoms with Crippen LogP contribution in [-0.4, -0.2) is 12.5 Å². The highest BCUT2D eigenvalue weighted by molar-refractivity contribution is 6.08. The summed E-state index contributed by atoms with van der Waals surface area (Å²) in [4.78, 5) is 13.0. The van der Waals surface area contributed by atoms with E-state index in [4.69, 9.17) is 0 Å². The van der Waals surface area contributed by atoms with Crippen molar-refractivity contribution < 1.29 is 13.6 Å². The molecule has 0 saturated heterocycles. The van der Waals surface area contributed by atoms with Crippen LogP contribution in [0.25, 0.3) is 0 Å². The van der Waals surface area contributed by atoms with Crippen LogP contribution in [0.3, 0.4) is 0 Å². The number of hydrogen-bond donors (Lipinski definition) is 3. The van der Waals surface area contributed by atoms with Gasteiger partial charge in [-0.05, 0) is 65.4 Å². The van der Waals surface area contributed by atoms with E-state index in [0.717, 1.165) is 24.2 Å². The van der Waals surface area contributed by atoms with Crippen LogP contribution >= 0.6 is 0 Å². The second-order valence-electron chi connectivity index (χ2n) is 8.45. The Labute approximate surface area is 180 Å². The third-order valence-electron chi connectivity index (χ3n) is 5.69. The van der Waals surface area contributed by atoms with Crippen LogP contribution in [0.15, 0.2) is 60.7 Å². The first-order valence-electron chi connectivity index (χ1n) is 10.3. The van der Waals surface area contributed by atoms with E-state index in [1.54, 1.807) is 12.1 Å². The molecule has 4 rings (SSSR count). The Kier molecular flexibility index (Phi) is 5.63. The highest BCUT2D eigenvalue weighted by atomic mass is 19.1. The summed E-state index contributed by atoms with van der Waals surface area (Å²) in [6.45, 7) is 5.64. The average Bonchev–Trinajstić information content (AvgIpc) is 2.73. The predicted molar refractivity (Wildman–Crippen MR) is 121 cm³/mol. The van der Waals surface area contributed by atoms with Gasteiger partial charge in [0.25, 0.3) is 5.91 Å². The van der Waals surface area contributed by atoms with Gasteiger partial charge in [-0.1, -0.05) is 32.0 Å². The summed E-state index contributed by atoms with van der Waals surface area (Å²) in [6.07, 6.45) is 1.05. The number of hydrogen-bond acceptors (Lipinski definition) is 3. The molecule has 3 aromatic carbocycles. The van der Waals surface area contributed by atoms with E-state index >= 15 is 0 Å². The molecule has 160 valence electrons. The van der Waals surface area contributed by atoms with Crippen LogP contribution in [0, 0.1) is 11.6 Å². The Balaban J connectivity index is 1.53. The Bertz CT molecular complexity index is 1110. The summed E-state index contributed by atoms with van der Waals surface area (Å²) in [5.41, 5.74) is 4.51. The van der Waals surface area contributed by atoms with Crippen molar-refractivity contribution in [2.24, 2.45) is 0 Å². The van der Waals surface area contributed by atoms with E-state index in [1.165, 1.54) is 35.9 Å². The molecule has 0 atom stereocenters. The molecule has 0 aromatic heterocycles. The van der Waals surface area contributed by atoms with E-state index in [-0.39, 0.29) is 17.1 Å². The molecule has 1 aliphatic rings. The fraction of sp³-hybridized carbons (Fsp3) is 0.240. The summed E-state index contributed by atoms with van der Waals surface area (Å²) >= 11 is 0. The van der Waals surface area contributed by atoms with E-state index in [9.17, 15) is 13.6 Å². The Hall–Kier alpha value is -3.41. The van der Waals surface area contributed by atoms with Gasteiger partial charge in [0.05, 0.1) is 11.3 Å². The first-order valence-corrected chi connectivity index (χ1v) is 10.3. The highest BCUT2D eigenvalue weighted by Gasteiger charge is 2.27. The molecule has 4 nitrogen and oxygen atoms in total. The summed E-state index contributed by atoms with van der Waals surface area (Å²) in [7, 11) is 0. The smallest absolute Gasteiger partial charge is 0.257 e. The minimum atomic E-state index is -0.446. The van der Waals surface area contributed by atoms with Crippen LogP contribution in [-0.2, 0) is 12.0 Å². The zero-order chi connectivity index (χ0) is 22.0. The standard InChI is InChI=1S/C25H25F2N3O/c1-25(2)11-12-28-23-14-19(8-10-21(23)25)30-24(31)20-9-7-18(27)13-22(20)29-15-16-3-5-17(26)6-4-16/h3-10,13-14,28-29H,11-12,15H2,1-2H3,(H,30,31). The highest BCUT2D eigenvalue weighted by Crippen LogP contribution is 2.38. The number of nitrogens with one attached hydrogen (secondary N) is 3. The molecule has 0 unspecified atom stereocenters. The molecule has 6 heteroatoms. The lowest BCUT2D eigenvalue weighted by Gasteiger charge is -2.33. The third-order valence-corrected chi connectivity index (χ3v) is 5.69. The van der Waals surface area contributed by atoms with Crippen molar-refractivity contribution in [2.75, 3.05) is 22.5 Å². The number of rotatable bonds is 5. The Morgan fingerprint density at radius 3 is 2.52 bits per heavy atom. The third kappa shape index (κ3) is 4.68. The van der Waals surface area contributed by atoms with E-state index in [2.05, 4.69) is 29.8 Å². The molecule has 31 heavy (non-hydrogen) atoms. The van der Waals surface area contributed by atoms with Gasteiger partial charge in [-0.2, -0.15) is 0 Å². The normalized spacial score (nSPS) is 14.3. The molecule has 0 bridgehead atoms. The largest absolute Gasteiger partial charge is 0.385 e. The first kappa shape index (κ1) is 20.8. The zero-order valence-electron chi connectivity index (χ0n) is 17.6. The van der Waals surface area contributed by atoms with Gasteiger partial charge >= 0.3 is 0 Å². The van der Waals surface area contributed by atoms with Crippen molar-refractivity contribution in [1.29, 1.82) is 0 Å². The number of benzene rings is 3. The van der Waals surface area contributed by atoms with Crippen LogP contribution in [0.5, 0.6) is 0 Å². The lowest BCUT2D eigenvalue weighted by Crippen LogP contribution is -2.28. The number of amides is 1. The number of carbonyl (C=O) groups is 1. The molecule has 1 aliphatic heterocycles. The summed E-state index contributed by atoms with van der Waals surface area (Å²) < 4.78 is 26.9. The van der Waals surface area contributed by atoms with Gasteiger partial charge in [0.1, 0.15) is 11.6 Å². The van der Waals surface area contributed by atoms with Gasteiger partial charge in [-0.25, -0.2) is 8.78 Å². The van der Waals surface area contributed by atoms with E-state index < -0.39 is 5.82 Å². The quantitative estimate of drug-likeness (QED) is 0.479. The molecule has 0 aliphatic carbocycles.